The van der Waals surface area contributed by atoms with Crippen molar-refractivity contribution in [3.63, 3.8) is 0 Å². The Hall–Kier alpha value is -1.25. The van der Waals surface area contributed by atoms with E-state index in [1.807, 2.05) is 13.8 Å². The number of fused-ring (bicyclic) bond motifs is 1. The molecule has 2 heterocycles. The van der Waals surface area contributed by atoms with Crippen LogP contribution in [0.1, 0.15) is 35.9 Å². The lowest BCUT2D eigenvalue weighted by molar-refractivity contribution is 0.110. The second kappa shape index (κ2) is 4.55. The van der Waals surface area contributed by atoms with Gasteiger partial charge in [-0.15, -0.1) is 5.10 Å². The predicted molar refractivity (Wildman–Crippen MR) is 69.8 cm³/mol. The first kappa shape index (κ1) is 12.2. The van der Waals surface area contributed by atoms with E-state index in [1.54, 1.807) is 22.6 Å². The highest BCUT2D eigenvalue weighted by atomic mass is 127. The maximum atomic E-state index is 11.5. The van der Waals surface area contributed by atoms with Crippen molar-refractivity contribution in [2.45, 2.75) is 19.8 Å². The van der Waals surface area contributed by atoms with Crippen molar-refractivity contribution < 1.29 is 9.53 Å². The molecule has 0 N–H and O–H groups in total. The molecule has 0 saturated heterocycles. The van der Waals surface area contributed by atoms with Crippen molar-refractivity contribution in [2.75, 3.05) is 7.11 Å². The van der Waals surface area contributed by atoms with Gasteiger partial charge in [-0.1, -0.05) is 13.8 Å². The number of carbonyl (C=O) groups excluding carboxylic acids is 1. The van der Waals surface area contributed by atoms with Gasteiger partial charge in [-0.25, -0.2) is 9.97 Å². The van der Waals surface area contributed by atoms with Gasteiger partial charge in [0.25, 0.3) is 0 Å². The van der Waals surface area contributed by atoms with Crippen molar-refractivity contribution >= 4 is 32.0 Å². The molecule has 0 unspecified atom stereocenters. The number of rotatable bonds is 3. The SMILES string of the molecule is COc1ncc(C(=O)I)c2nc(C(C)C)nn12. The molecule has 0 aliphatic rings. The molecule has 90 valence electrons. The summed E-state index contributed by atoms with van der Waals surface area (Å²) in [6, 6.07) is 0.320. The summed E-state index contributed by atoms with van der Waals surface area (Å²) in [5.74, 6) is 0.840. The predicted octanol–water partition coefficient (Wildman–Crippen LogP) is 1.83. The van der Waals surface area contributed by atoms with Crippen LogP contribution in [0.4, 0.5) is 0 Å². The first-order valence-corrected chi connectivity index (χ1v) is 6.12. The van der Waals surface area contributed by atoms with E-state index < -0.39 is 0 Å². The molecule has 0 aromatic carbocycles. The Morgan fingerprint density at radius 1 is 1.53 bits per heavy atom. The van der Waals surface area contributed by atoms with Gasteiger partial charge in [-0.05, 0) is 0 Å². The molecule has 17 heavy (non-hydrogen) atoms. The normalized spacial score (nSPS) is 11.1. The summed E-state index contributed by atoms with van der Waals surface area (Å²) < 4.78 is 6.43. The largest absolute Gasteiger partial charge is 0.467 e. The topological polar surface area (TPSA) is 69.4 Å². The summed E-state index contributed by atoms with van der Waals surface area (Å²) in [7, 11) is 1.50. The van der Waals surface area contributed by atoms with Gasteiger partial charge in [-0.3, -0.25) is 4.79 Å². The summed E-state index contributed by atoms with van der Waals surface area (Å²) >= 11 is 1.71. The highest BCUT2D eigenvalue weighted by Gasteiger charge is 2.17. The van der Waals surface area contributed by atoms with Crippen LogP contribution in [0.3, 0.4) is 0 Å². The lowest BCUT2D eigenvalue weighted by Crippen LogP contribution is -2.03. The molecule has 0 fully saturated rings. The number of carbonyl (C=O) groups is 1. The summed E-state index contributed by atoms with van der Waals surface area (Å²) in [6.45, 7) is 3.97. The molecule has 2 aromatic heterocycles. The Kier molecular flexibility index (Phi) is 3.27. The maximum absolute atomic E-state index is 11.5. The van der Waals surface area contributed by atoms with Crippen LogP contribution in [0.25, 0.3) is 5.65 Å². The number of halogens is 1. The Bertz CT molecular complexity index is 579. The van der Waals surface area contributed by atoms with Crippen molar-refractivity contribution in [3.05, 3.63) is 17.6 Å². The van der Waals surface area contributed by atoms with Gasteiger partial charge in [0.1, 0.15) is 0 Å². The van der Waals surface area contributed by atoms with Gasteiger partial charge in [0.2, 0.25) is 3.79 Å². The van der Waals surface area contributed by atoms with Gasteiger partial charge < -0.3 is 4.74 Å². The van der Waals surface area contributed by atoms with Crippen LogP contribution in [0, 0.1) is 0 Å². The zero-order chi connectivity index (χ0) is 12.6. The fourth-order valence-electron chi connectivity index (χ4n) is 1.39. The second-order valence-corrected chi connectivity index (χ2v) is 4.77. The minimum atomic E-state index is -0.120. The Balaban J connectivity index is 2.76. The molecule has 0 aliphatic heterocycles. The van der Waals surface area contributed by atoms with E-state index in [9.17, 15) is 4.79 Å². The zero-order valence-corrected chi connectivity index (χ0v) is 11.8. The summed E-state index contributed by atoms with van der Waals surface area (Å²) in [4.78, 5) is 19.8. The third-order valence-electron chi connectivity index (χ3n) is 2.26. The first-order valence-electron chi connectivity index (χ1n) is 5.04. The number of hydrogen-bond acceptors (Lipinski definition) is 5. The molecule has 0 saturated carbocycles. The lowest BCUT2D eigenvalue weighted by Gasteiger charge is -2.01. The molecule has 7 heteroatoms. The van der Waals surface area contributed by atoms with Crippen LogP contribution in [0.15, 0.2) is 6.20 Å². The van der Waals surface area contributed by atoms with Crippen LogP contribution in [0.2, 0.25) is 0 Å². The molecule has 0 bridgehead atoms. The Morgan fingerprint density at radius 3 is 2.76 bits per heavy atom. The summed E-state index contributed by atoms with van der Waals surface area (Å²) in [5, 5.41) is 4.29. The number of hydrogen-bond donors (Lipinski definition) is 0. The number of aromatic nitrogens is 4. The molecule has 6 nitrogen and oxygen atoms in total. The standard InChI is InChI=1S/C10H11IN4O2/c1-5(2)8-13-9-6(7(11)16)4-12-10(17-3)15(9)14-8/h4-5H,1-3H3. The summed E-state index contributed by atoms with van der Waals surface area (Å²) in [5.41, 5.74) is 0.922. The van der Waals surface area contributed by atoms with E-state index in [1.165, 1.54) is 17.8 Å². The summed E-state index contributed by atoms with van der Waals surface area (Å²) in [6.07, 6.45) is 1.46. The van der Waals surface area contributed by atoms with Crippen LogP contribution in [-0.4, -0.2) is 30.5 Å². The van der Waals surface area contributed by atoms with Crippen molar-refractivity contribution in [1.82, 2.24) is 19.6 Å². The highest BCUT2D eigenvalue weighted by molar-refractivity contribution is 14.1. The van der Waals surface area contributed by atoms with E-state index >= 15 is 0 Å². The molecule has 2 rings (SSSR count). The van der Waals surface area contributed by atoms with Gasteiger partial charge in [0.05, 0.1) is 12.7 Å². The molecule has 0 amide bonds. The van der Waals surface area contributed by atoms with Crippen LogP contribution in [0.5, 0.6) is 6.01 Å². The van der Waals surface area contributed by atoms with E-state index in [0.29, 0.717) is 23.0 Å². The fraction of sp³-hybridized carbons (Fsp3) is 0.400. The average molecular weight is 346 g/mol. The third kappa shape index (κ3) is 2.11. The van der Waals surface area contributed by atoms with Crippen LogP contribution >= 0.6 is 22.6 Å². The molecular formula is C10H11IN4O2. The van der Waals surface area contributed by atoms with Crippen molar-refractivity contribution in [2.24, 2.45) is 0 Å². The number of nitrogens with zero attached hydrogens (tertiary/aromatic N) is 4. The molecule has 0 aliphatic carbocycles. The fourth-order valence-corrected chi connectivity index (χ4v) is 1.77. The Morgan fingerprint density at radius 2 is 2.24 bits per heavy atom. The van der Waals surface area contributed by atoms with Crippen LogP contribution < -0.4 is 4.74 Å². The molecular weight excluding hydrogens is 335 g/mol. The van der Waals surface area contributed by atoms with E-state index in [4.69, 9.17) is 4.74 Å². The molecule has 2 aromatic rings. The van der Waals surface area contributed by atoms with Gasteiger partial charge in [0.15, 0.2) is 11.5 Å². The minimum Gasteiger partial charge on any atom is -0.467 e. The second-order valence-electron chi connectivity index (χ2n) is 3.79. The van der Waals surface area contributed by atoms with Crippen molar-refractivity contribution in [1.29, 1.82) is 0 Å². The third-order valence-corrected chi connectivity index (χ3v) is 2.84. The monoisotopic (exact) mass is 346 g/mol. The maximum Gasteiger partial charge on any atom is 0.319 e. The molecule has 0 spiro atoms. The highest BCUT2D eigenvalue weighted by Crippen LogP contribution is 2.19. The van der Waals surface area contributed by atoms with E-state index in [2.05, 4.69) is 15.1 Å². The zero-order valence-electron chi connectivity index (χ0n) is 9.64. The quantitative estimate of drug-likeness (QED) is 0.627. The van der Waals surface area contributed by atoms with Gasteiger partial charge in [-0.2, -0.15) is 4.52 Å². The first-order chi connectivity index (χ1) is 8.04. The molecule has 0 radical (unpaired) electrons. The smallest absolute Gasteiger partial charge is 0.319 e. The lowest BCUT2D eigenvalue weighted by atomic mass is 10.2. The molecule has 0 atom stereocenters. The van der Waals surface area contributed by atoms with Crippen LogP contribution in [-0.2, 0) is 0 Å². The average Bonchev–Trinajstić information content (AvgIpc) is 2.71. The number of methoxy groups -OCH3 is 1. The number of ether oxygens (including phenoxy) is 1. The van der Waals surface area contributed by atoms with Crippen molar-refractivity contribution in [3.8, 4) is 6.01 Å². The van der Waals surface area contributed by atoms with Gasteiger partial charge in [0, 0.05) is 34.7 Å². The minimum absolute atomic E-state index is 0.120. The Labute approximate surface area is 112 Å². The van der Waals surface area contributed by atoms with Gasteiger partial charge >= 0.3 is 6.01 Å². The van der Waals surface area contributed by atoms with E-state index in [0.717, 1.165) is 0 Å². The van der Waals surface area contributed by atoms with E-state index in [-0.39, 0.29) is 9.71 Å².